The van der Waals surface area contributed by atoms with Gasteiger partial charge in [-0.05, 0) is 55.6 Å². The summed E-state index contributed by atoms with van der Waals surface area (Å²) in [7, 11) is 0. The summed E-state index contributed by atoms with van der Waals surface area (Å²) < 4.78 is 0. The molecule has 0 aliphatic heterocycles. The third kappa shape index (κ3) is 2.42. The quantitative estimate of drug-likeness (QED) is 0.298. The molecular weight excluding hydrogens is 376 g/mol. The number of H-pyrrole nitrogens is 1. The van der Waals surface area contributed by atoms with Gasteiger partial charge in [0, 0.05) is 5.56 Å². The predicted octanol–water partition coefficient (Wildman–Crippen LogP) is 7.79. The minimum atomic E-state index is 0.906. The molecule has 0 spiro atoms. The van der Waals surface area contributed by atoms with Crippen molar-refractivity contribution in [2.24, 2.45) is 0 Å². The van der Waals surface area contributed by atoms with Gasteiger partial charge in [-0.15, -0.1) is 0 Å². The van der Waals surface area contributed by atoms with Crippen LogP contribution in [-0.4, -0.2) is 9.97 Å². The zero-order chi connectivity index (χ0) is 20.4. The molecule has 0 fully saturated rings. The summed E-state index contributed by atoms with van der Waals surface area (Å²) in [6, 6.07) is 36.8. The van der Waals surface area contributed by atoms with Crippen molar-refractivity contribution in [3.63, 3.8) is 0 Å². The highest BCUT2D eigenvalue weighted by Crippen LogP contribution is 2.39. The van der Waals surface area contributed by atoms with Crippen molar-refractivity contribution in [1.29, 1.82) is 0 Å². The first kappa shape index (κ1) is 16.6. The van der Waals surface area contributed by atoms with Crippen molar-refractivity contribution in [2.75, 3.05) is 0 Å². The van der Waals surface area contributed by atoms with E-state index in [9.17, 15) is 0 Å². The maximum absolute atomic E-state index is 4.79. The standard InChI is InChI=1S/C29H18N2/c1-2-5-21(6-3-1)29-30-25-16-13-22(17-26(25)31-29)23-14-11-20-10-9-18-7-4-8-19-12-15-24(23)28(20)27(18)19/h1-17H,(H,30,31). The van der Waals surface area contributed by atoms with E-state index >= 15 is 0 Å². The lowest BCUT2D eigenvalue weighted by atomic mass is 9.90. The SMILES string of the molecule is c1ccc(-c2nc3ccc(-c4ccc5ccc6cccc7ccc4c5c67)cc3[nH]2)cc1. The molecule has 0 unspecified atom stereocenters. The second-order valence-electron chi connectivity index (χ2n) is 8.15. The highest BCUT2D eigenvalue weighted by Gasteiger charge is 2.13. The van der Waals surface area contributed by atoms with Crippen LogP contribution in [0.1, 0.15) is 0 Å². The van der Waals surface area contributed by atoms with E-state index in [1.54, 1.807) is 0 Å². The van der Waals surface area contributed by atoms with Crippen LogP contribution < -0.4 is 0 Å². The number of imidazole rings is 1. The van der Waals surface area contributed by atoms with E-state index in [1.807, 2.05) is 18.2 Å². The maximum Gasteiger partial charge on any atom is 0.138 e. The zero-order valence-corrected chi connectivity index (χ0v) is 16.8. The van der Waals surface area contributed by atoms with E-state index in [-0.39, 0.29) is 0 Å². The second kappa shape index (κ2) is 6.16. The van der Waals surface area contributed by atoms with Crippen molar-refractivity contribution >= 4 is 43.4 Å². The van der Waals surface area contributed by atoms with E-state index in [1.165, 1.54) is 43.4 Å². The molecule has 0 aliphatic rings. The van der Waals surface area contributed by atoms with E-state index in [4.69, 9.17) is 4.98 Å². The molecule has 1 aromatic heterocycles. The van der Waals surface area contributed by atoms with Crippen LogP contribution >= 0.6 is 0 Å². The third-order valence-corrected chi connectivity index (χ3v) is 6.37. The fourth-order valence-corrected chi connectivity index (χ4v) is 4.90. The van der Waals surface area contributed by atoms with Crippen molar-refractivity contribution in [1.82, 2.24) is 9.97 Å². The molecule has 6 aromatic carbocycles. The van der Waals surface area contributed by atoms with Crippen LogP contribution in [0, 0.1) is 0 Å². The van der Waals surface area contributed by atoms with Crippen molar-refractivity contribution < 1.29 is 0 Å². The lowest BCUT2D eigenvalue weighted by Crippen LogP contribution is -1.87. The molecule has 2 nitrogen and oxygen atoms in total. The molecule has 1 heterocycles. The Morgan fingerprint density at radius 2 is 1.29 bits per heavy atom. The molecule has 2 heteroatoms. The summed E-state index contributed by atoms with van der Waals surface area (Å²) in [6.45, 7) is 0. The highest BCUT2D eigenvalue weighted by molar-refractivity contribution is 6.25. The Kier molecular flexibility index (Phi) is 3.30. The molecule has 0 saturated carbocycles. The van der Waals surface area contributed by atoms with Gasteiger partial charge in [-0.2, -0.15) is 0 Å². The summed E-state index contributed by atoms with van der Waals surface area (Å²) in [5.41, 5.74) is 5.60. The van der Waals surface area contributed by atoms with Gasteiger partial charge >= 0.3 is 0 Å². The van der Waals surface area contributed by atoms with Crippen LogP contribution in [0.25, 0.3) is 65.9 Å². The average Bonchev–Trinajstić information content (AvgIpc) is 3.26. The van der Waals surface area contributed by atoms with E-state index < -0.39 is 0 Å². The minimum Gasteiger partial charge on any atom is -0.338 e. The van der Waals surface area contributed by atoms with Gasteiger partial charge in [-0.25, -0.2) is 4.98 Å². The van der Waals surface area contributed by atoms with Crippen LogP contribution in [0.15, 0.2) is 103 Å². The van der Waals surface area contributed by atoms with Crippen molar-refractivity contribution in [3.05, 3.63) is 103 Å². The number of fused-ring (bicyclic) bond motifs is 1. The number of nitrogens with zero attached hydrogens (tertiary/aromatic N) is 1. The Morgan fingerprint density at radius 3 is 2.13 bits per heavy atom. The van der Waals surface area contributed by atoms with Crippen LogP contribution in [0.2, 0.25) is 0 Å². The average molecular weight is 394 g/mol. The van der Waals surface area contributed by atoms with E-state index in [0.29, 0.717) is 0 Å². The largest absolute Gasteiger partial charge is 0.338 e. The van der Waals surface area contributed by atoms with Crippen LogP contribution in [0.4, 0.5) is 0 Å². The van der Waals surface area contributed by atoms with Gasteiger partial charge in [-0.3, -0.25) is 0 Å². The molecule has 144 valence electrons. The molecule has 7 rings (SSSR count). The number of aromatic nitrogens is 2. The van der Waals surface area contributed by atoms with Crippen LogP contribution in [0.5, 0.6) is 0 Å². The first-order chi connectivity index (χ1) is 15.3. The number of aromatic amines is 1. The number of rotatable bonds is 2. The van der Waals surface area contributed by atoms with Gasteiger partial charge in [0.05, 0.1) is 11.0 Å². The molecule has 0 radical (unpaired) electrons. The first-order valence-corrected chi connectivity index (χ1v) is 10.6. The lowest BCUT2D eigenvalue weighted by Gasteiger charge is -2.14. The van der Waals surface area contributed by atoms with Crippen LogP contribution in [-0.2, 0) is 0 Å². The fourth-order valence-electron chi connectivity index (χ4n) is 4.90. The van der Waals surface area contributed by atoms with Gasteiger partial charge in [0.25, 0.3) is 0 Å². The van der Waals surface area contributed by atoms with Gasteiger partial charge in [0.15, 0.2) is 0 Å². The van der Waals surface area contributed by atoms with Gasteiger partial charge in [-0.1, -0.05) is 91.0 Å². The third-order valence-electron chi connectivity index (χ3n) is 6.37. The molecule has 0 atom stereocenters. The Labute approximate surface area is 179 Å². The van der Waals surface area contributed by atoms with Crippen LogP contribution in [0.3, 0.4) is 0 Å². The molecule has 0 amide bonds. The van der Waals surface area contributed by atoms with Gasteiger partial charge in [0.1, 0.15) is 5.82 Å². The van der Waals surface area contributed by atoms with Gasteiger partial charge in [0.2, 0.25) is 0 Å². The summed E-state index contributed by atoms with van der Waals surface area (Å²) in [5, 5.41) is 7.88. The highest BCUT2D eigenvalue weighted by atomic mass is 14.9. The predicted molar refractivity (Wildman–Crippen MR) is 131 cm³/mol. The molecule has 7 aromatic rings. The lowest BCUT2D eigenvalue weighted by molar-refractivity contribution is 1.34. The summed E-state index contributed by atoms with van der Waals surface area (Å²) in [5.74, 6) is 0.906. The first-order valence-electron chi connectivity index (χ1n) is 10.6. The molecule has 1 N–H and O–H groups in total. The molecule has 31 heavy (non-hydrogen) atoms. The number of benzene rings is 6. The molecule has 0 aliphatic carbocycles. The van der Waals surface area contributed by atoms with E-state index in [2.05, 4.69) is 89.9 Å². The smallest absolute Gasteiger partial charge is 0.138 e. The molecular formula is C29H18N2. The summed E-state index contributed by atoms with van der Waals surface area (Å²) in [6.07, 6.45) is 0. The summed E-state index contributed by atoms with van der Waals surface area (Å²) in [4.78, 5) is 8.30. The number of hydrogen-bond acceptors (Lipinski definition) is 1. The normalized spacial score (nSPS) is 11.9. The Balaban J connectivity index is 1.47. The van der Waals surface area contributed by atoms with Crippen molar-refractivity contribution in [3.8, 4) is 22.5 Å². The van der Waals surface area contributed by atoms with E-state index in [0.717, 1.165) is 22.4 Å². The Hall–Kier alpha value is -4.17. The molecule has 0 saturated heterocycles. The minimum absolute atomic E-state index is 0.906. The number of hydrogen-bond donors (Lipinski definition) is 1. The topological polar surface area (TPSA) is 28.7 Å². The second-order valence-corrected chi connectivity index (χ2v) is 8.15. The Bertz CT molecular complexity index is 1710. The fraction of sp³-hybridized carbons (Fsp3) is 0. The van der Waals surface area contributed by atoms with Crippen molar-refractivity contribution in [2.45, 2.75) is 0 Å². The monoisotopic (exact) mass is 394 g/mol. The maximum atomic E-state index is 4.79. The molecule has 0 bridgehead atoms. The van der Waals surface area contributed by atoms with Gasteiger partial charge < -0.3 is 4.98 Å². The Morgan fingerprint density at radius 1 is 0.548 bits per heavy atom. The number of nitrogens with one attached hydrogen (secondary N) is 1. The summed E-state index contributed by atoms with van der Waals surface area (Å²) >= 11 is 0. The zero-order valence-electron chi connectivity index (χ0n) is 16.8.